The molecule has 17 heavy (non-hydrogen) atoms. The van der Waals surface area contributed by atoms with Gasteiger partial charge in [0.1, 0.15) is 0 Å². The topological polar surface area (TPSA) is 62.4 Å². The van der Waals surface area contributed by atoms with Gasteiger partial charge in [0.25, 0.3) is 0 Å². The maximum atomic E-state index is 5.49. The number of aliphatic imine (C=N–C) groups is 1. The lowest BCUT2D eigenvalue weighted by molar-refractivity contribution is 0.700. The molecule has 1 aliphatic rings. The summed E-state index contributed by atoms with van der Waals surface area (Å²) in [5.74, 6) is 6.12. The first-order chi connectivity index (χ1) is 8.29. The van der Waals surface area contributed by atoms with Gasteiger partial charge in [0.2, 0.25) is 5.96 Å². The van der Waals surface area contributed by atoms with Crippen LogP contribution in [0.1, 0.15) is 25.7 Å². The highest BCUT2D eigenvalue weighted by molar-refractivity contribution is 9.10. The van der Waals surface area contributed by atoms with Crippen LogP contribution in [0, 0.1) is 0 Å². The SMILES string of the molecule is NNC(=NC1CCCC1)Nc1ccccc1Br. The largest absolute Gasteiger partial charge is 0.324 e. The molecule has 0 bridgehead atoms. The van der Waals surface area contributed by atoms with Crippen molar-refractivity contribution >= 4 is 27.6 Å². The van der Waals surface area contributed by atoms with E-state index in [0.29, 0.717) is 12.0 Å². The van der Waals surface area contributed by atoms with Gasteiger partial charge < -0.3 is 5.32 Å². The molecule has 1 aromatic carbocycles. The van der Waals surface area contributed by atoms with E-state index in [1.54, 1.807) is 0 Å². The van der Waals surface area contributed by atoms with E-state index in [0.717, 1.165) is 23.0 Å². The molecule has 4 nitrogen and oxygen atoms in total. The van der Waals surface area contributed by atoms with E-state index in [1.807, 2.05) is 24.3 Å². The van der Waals surface area contributed by atoms with Gasteiger partial charge in [0.15, 0.2) is 0 Å². The highest BCUT2D eigenvalue weighted by Gasteiger charge is 2.14. The molecule has 0 spiro atoms. The molecule has 0 aliphatic heterocycles. The Morgan fingerprint density at radius 1 is 1.29 bits per heavy atom. The number of para-hydroxylation sites is 1. The Morgan fingerprint density at radius 2 is 2.00 bits per heavy atom. The Balaban J connectivity index is 2.06. The lowest BCUT2D eigenvalue weighted by Gasteiger charge is -2.12. The molecule has 1 aromatic rings. The molecule has 0 atom stereocenters. The number of nitrogens with two attached hydrogens (primary N) is 1. The molecule has 0 amide bonds. The molecule has 0 aromatic heterocycles. The van der Waals surface area contributed by atoms with Crippen molar-refractivity contribution < 1.29 is 0 Å². The number of hydrogen-bond donors (Lipinski definition) is 3. The molecule has 0 radical (unpaired) electrons. The van der Waals surface area contributed by atoms with Crippen LogP contribution < -0.4 is 16.6 Å². The Morgan fingerprint density at radius 3 is 2.65 bits per heavy atom. The third-order valence-corrected chi connectivity index (χ3v) is 3.59. The fourth-order valence-corrected chi connectivity index (χ4v) is 2.40. The van der Waals surface area contributed by atoms with Crippen LogP contribution in [0.2, 0.25) is 0 Å². The third-order valence-electron chi connectivity index (χ3n) is 2.90. The van der Waals surface area contributed by atoms with Crippen molar-refractivity contribution in [2.75, 3.05) is 5.32 Å². The molecule has 4 N–H and O–H groups in total. The molecule has 5 heteroatoms. The fourth-order valence-electron chi connectivity index (χ4n) is 2.01. The van der Waals surface area contributed by atoms with Crippen LogP contribution in [-0.4, -0.2) is 12.0 Å². The Labute approximate surface area is 110 Å². The lowest BCUT2D eigenvalue weighted by Crippen LogP contribution is -2.37. The zero-order valence-electron chi connectivity index (χ0n) is 9.62. The van der Waals surface area contributed by atoms with E-state index < -0.39 is 0 Å². The monoisotopic (exact) mass is 296 g/mol. The van der Waals surface area contributed by atoms with Gasteiger partial charge in [-0.2, -0.15) is 0 Å². The summed E-state index contributed by atoms with van der Waals surface area (Å²) in [4.78, 5) is 4.58. The number of guanidine groups is 1. The van der Waals surface area contributed by atoms with Gasteiger partial charge in [-0.1, -0.05) is 25.0 Å². The van der Waals surface area contributed by atoms with Crippen molar-refractivity contribution in [1.82, 2.24) is 5.43 Å². The average molecular weight is 297 g/mol. The van der Waals surface area contributed by atoms with Gasteiger partial charge in [0.05, 0.1) is 11.7 Å². The molecule has 0 unspecified atom stereocenters. The molecule has 2 rings (SSSR count). The highest BCUT2D eigenvalue weighted by atomic mass is 79.9. The summed E-state index contributed by atoms with van der Waals surface area (Å²) in [6.45, 7) is 0. The van der Waals surface area contributed by atoms with Crippen molar-refractivity contribution in [1.29, 1.82) is 0 Å². The number of nitrogens with one attached hydrogen (secondary N) is 2. The quantitative estimate of drug-likeness (QED) is 0.340. The van der Waals surface area contributed by atoms with Crippen molar-refractivity contribution in [2.24, 2.45) is 10.8 Å². The molecule has 92 valence electrons. The van der Waals surface area contributed by atoms with Crippen LogP contribution in [0.4, 0.5) is 5.69 Å². The number of halogens is 1. The summed E-state index contributed by atoms with van der Waals surface area (Å²) in [5.41, 5.74) is 3.58. The van der Waals surface area contributed by atoms with Crippen molar-refractivity contribution in [3.05, 3.63) is 28.7 Å². The summed E-state index contributed by atoms with van der Waals surface area (Å²) in [6, 6.07) is 8.30. The molecular weight excluding hydrogens is 280 g/mol. The maximum absolute atomic E-state index is 5.49. The Hall–Kier alpha value is -1.07. The van der Waals surface area contributed by atoms with Crippen LogP contribution in [0.15, 0.2) is 33.7 Å². The standard InChI is InChI=1S/C12H17BrN4/c13-10-7-3-4-8-11(10)16-12(17-14)15-9-5-1-2-6-9/h3-4,7-9H,1-2,5-6,14H2,(H2,15,16,17). The minimum Gasteiger partial charge on any atom is -0.324 e. The molecule has 0 saturated heterocycles. The summed E-state index contributed by atoms with van der Waals surface area (Å²) in [6.07, 6.45) is 4.84. The third kappa shape index (κ3) is 3.44. The Kier molecular flexibility index (Phi) is 4.39. The van der Waals surface area contributed by atoms with Gasteiger partial charge >= 0.3 is 0 Å². The average Bonchev–Trinajstić information content (AvgIpc) is 2.84. The predicted octanol–water partition coefficient (Wildman–Crippen LogP) is 2.62. The van der Waals surface area contributed by atoms with E-state index in [2.05, 4.69) is 31.7 Å². The van der Waals surface area contributed by atoms with Crippen LogP contribution >= 0.6 is 15.9 Å². The van der Waals surface area contributed by atoms with Crippen LogP contribution in [0.5, 0.6) is 0 Å². The fraction of sp³-hybridized carbons (Fsp3) is 0.417. The molecular formula is C12H17BrN4. The van der Waals surface area contributed by atoms with E-state index in [-0.39, 0.29) is 0 Å². The summed E-state index contributed by atoms with van der Waals surface area (Å²) >= 11 is 3.48. The predicted molar refractivity (Wildman–Crippen MR) is 74.8 cm³/mol. The van der Waals surface area contributed by atoms with Gasteiger partial charge in [-0.05, 0) is 40.9 Å². The van der Waals surface area contributed by atoms with Gasteiger partial charge in [-0.15, -0.1) is 0 Å². The Bertz CT molecular complexity index is 399. The van der Waals surface area contributed by atoms with E-state index in [1.165, 1.54) is 12.8 Å². The molecule has 1 fully saturated rings. The van der Waals surface area contributed by atoms with Crippen LogP contribution in [0.25, 0.3) is 0 Å². The van der Waals surface area contributed by atoms with Gasteiger partial charge in [0, 0.05) is 4.47 Å². The second-order valence-corrected chi connectivity index (χ2v) is 5.02. The first-order valence-corrected chi connectivity index (χ1v) is 6.65. The van der Waals surface area contributed by atoms with Crippen LogP contribution in [-0.2, 0) is 0 Å². The molecule has 1 saturated carbocycles. The summed E-state index contributed by atoms with van der Waals surface area (Å²) in [5, 5.41) is 3.19. The number of nitrogens with zero attached hydrogens (tertiary/aromatic N) is 1. The number of rotatable bonds is 2. The summed E-state index contributed by atoms with van der Waals surface area (Å²) in [7, 11) is 0. The number of hydrogen-bond acceptors (Lipinski definition) is 2. The lowest BCUT2D eigenvalue weighted by atomic mass is 10.3. The van der Waals surface area contributed by atoms with E-state index in [4.69, 9.17) is 5.84 Å². The highest BCUT2D eigenvalue weighted by Crippen LogP contribution is 2.23. The molecule has 1 aliphatic carbocycles. The second-order valence-electron chi connectivity index (χ2n) is 4.17. The first kappa shape index (κ1) is 12.4. The van der Waals surface area contributed by atoms with Crippen LogP contribution in [0.3, 0.4) is 0 Å². The smallest absolute Gasteiger partial charge is 0.210 e. The maximum Gasteiger partial charge on any atom is 0.210 e. The van der Waals surface area contributed by atoms with Crippen molar-refractivity contribution in [3.63, 3.8) is 0 Å². The first-order valence-electron chi connectivity index (χ1n) is 5.85. The minimum absolute atomic E-state index is 0.399. The summed E-state index contributed by atoms with van der Waals surface area (Å²) < 4.78 is 0.995. The van der Waals surface area contributed by atoms with E-state index in [9.17, 15) is 0 Å². The van der Waals surface area contributed by atoms with Gasteiger partial charge in [-0.3, -0.25) is 5.43 Å². The number of benzene rings is 1. The molecule has 0 heterocycles. The zero-order valence-corrected chi connectivity index (χ0v) is 11.2. The van der Waals surface area contributed by atoms with Gasteiger partial charge in [-0.25, -0.2) is 10.8 Å². The van der Waals surface area contributed by atoms with Crippen molar-refractivity contribution in [2.45, 2.75) is 31.7 Å². The van der Waals surface area contributed by atoms with Crippen molar-refractivity contribution in [3.8, 4) is 0 Å². The number of hydrazine groups is 1. The number of anilines is 1. The second kappa shape index (κ2) is 6.02. The zero-order chi connectivity index (χ0) is 12.1. The normalized spacial score (nSPS) is 17.2. The minimum atomic E-state index is 0.399. The van der Waals surface area contributed by atoms with E-state index >= 15 is 0 Å².